The molecular weight excluding hydrogens is 881 g/mol. The molecule has 0 aliphatic heterocycles. The summed E-state index contributed by atoms with van der Waals surface area (Å²) in [5.41, 5.74) is 24.1. The molecule has 0 fully saturated rings. The first-order chi connectivity index (χ1) is 36.2. The van der Waals surface area contributed by atoms with Gasteiger partial charge in [0.1, 0.15) is 0 Å². The monoisotopic (exact) mass is 926 g/mol. The van der Waals surface area contributed by atoms with Gasteiger partial charge >= 0.3 is 0 Å². The van der Waals surface area contributed by atoms with Gasteiger partial charge in [-0.15, -0.1) is 0 Å². The zero-order chi connectivity index (χ0) is 48.0. The molecule has 13 aromatic rings. The van der Waals surface area contributed by atoms with Gasteiger partial charge in [-0.3, -0.25) is 0 Å². The van der Waals surface area contributed by atoms with Gasteiger partial charge < -0.3 is 9.47 Å². The smallest absolute Gasteiger partial charge is 0.0726 e. The standard InChI is InChI=1S/C71H46N2/c1-2-19-55(20-3-1)73-69-28-13-9-24-63(69)64-45-54(35-42-70(64)73)52-18-14-17-51(43-52)48-31-36-56(37-32-48)72(57-38-33-49(34-39-57)53-30-29-47-15-4-5-16-50(47)44-53)58-40-41-62-61-23-8-12-27-67(61)71(68(62)46-58)65-25-10-6-21-59(65)60-22-7-11-26-66(60)71/h1-46H. The lowest BCUT2D eigenvalue weighted by Crippen LogP contribution is -2.26. The molecule has 73 heavy (non-hydrogen) atoms. The summed E-state index contributed by atoms with van der Waals surface area (Å²) in [4.78, 5) is 2.44. The van der Waals surface area contributed by atoms with Crippen LogP contribution in [-0.2, 0) is 5.41 Å². The van der Waals surface area contributed by atoms with E-state index in [9.17, 15) is 0 Å². The summed E-state index contributed by atoms with van der Waals surface area (Å²) in [6.45, 7) is 0. The molecule has 340 valence electrons. The third-order valence-electron chi connectivity index (χ3n) is 15.8. The van der Waals surface area contributed by atoms with Crippen molar-refractivity contribution in [2.45, 2.75) is 5.41 Å². The molecule has 0 bridgehead atoms. The fraction of sp³-hybridized carbons (Fsp3) is 0.0141. The van der Waals surface area contributed by atoms with Crippen LogP contribution in [0.15, 0.2) is 279 Å². The number of fused-ring (bicyclic) bond motifs is 14. The number of anilines is 3. The van der Waals surface area contributed by atoms with E-state index in [1.165, 1.54) is 116 Å². The topological polar surface area (TPSA) is 8.17 Å². The van der Waals surface area contributed by atoms with Crippen LogP contribution in [0, 0.1) is 0 Å². The largest absolute Gasteiger partial charge is 0.310 e. The van der Waals surface area contributed by atoms with Gasteiger partial charge in [0.2, 0.25) is 0 Å². The Morgan fingerprint density at radius 1 is 0.260 bits per heavy atom. The molecule has 0 N–H and O–H groups in total. The van der Waals surface area contributed by atoms with Crippen molar-refractivity contribution < 1.29 is 0 Å². The Bertz CT molecular complexity index is 4250. The van der Waals surface area contributed by atoms with E-state index >= 15 is 0 Å². The van der Waals surface area contributed by atoms with Gasteiger partial charge in [-0.25, -0.2) is 0 Å². The number of nitrogens with zero attached hydrogens (tertiary/aromatic N) is 2. The van der Waals surface area contributed by atoms with E-state index in [2.05, 4.69) is 289 Å². The van der Waals surface area contributed by atoms with Crippen molar-refractivity contribution in [1.82, 2.24) is 4.57 Å². The fourth-order valence-corrected chi connectivity index (χ4v) is 12.5. The molecule has 0 amide bonds. The fourth-order valence-electron chi connectivity index (χ4n) is 12.5. The molecular formula is C71H46N2. The Kier molecular flexibility index (Phi) is 9.21. The van der Waals surface area contributed by atoms with E-state index in [0.29, 0.717) is 0 Å². The van der Waals surface area contributed by atoms with Crippen LogP contribution in [0.5, 0.6) is 0 Å². The molecule has 12 aromatic carbocycles. The van der Waals surface area contributed by atoms with Crippen molar-refractivity contribution in [1.29, 1.82) is 0 Å². The maximum Gasteiger partial charge on any atom is 0.0726 e. The normalized spacial score (nSPS) is 12.8. The second-order valence-electron chi connectivity index (χ2n) is 19.6. The van der Waals surface area contributed by atoms with Gasteiger partial charge in [-0.1, -0.05) is 200 Å². The maximum absolute atomic E-state index is 2.48. The number of para-hydroxylation sites is 2. The molecule has 0 saturated heterocycles. The Labute approximate surface area is 425 Å². The van der Waals surface area contributed by atoms with E-state index in [-0.39, 0.29) is 0 Å². The molecule has 2 nitrogen and oxygen atoms in total. The first kappa shape index (κ1) is 41.3. The first-order valence-corrected chi connectivity index (χ1v) is 25.3. The van der Waals surface area contributed by atoms with E-state index in [0.717, 1.165) is 17.1 Å². The van der Waals surface area contributed by atoms with Crippen LogP contribution in [0.3, 0.4) is 0 Å². The van der Waals surface area contributed by atoms with Crippen LogP contribution in [0.1, 0.15) is 22.3 Å². The second-order valence-corrected chi connectivity index (χ2v) is 19.6. The van der Waals surface area contributed by atoms with Crippen molar-refractivity contribution in [3.05, 3.63) is 301 Å². The highest BCUT2D eigenvalue weighted by Crippen LogP contribution is 2.63. The molecule has 1 spiro atoms. The minimum atomic E-state index is -0.445. The van der Waals surface area contributed by atoms with Gasteiger partial charge in [0.05, 0.1) is 16.4 Å². The van der Waals surface area contributed by atoms with E-state index in [1.807, 2.05) is 0 Å². The number of hydrogen-bond donors (Lipinski definition) is 0. The number of benzene rings is 12. The predicted octanol–water partition coefficient (Wildman–Crippen LogP) is 18.8. The van der Waals surface area contributed by atoms with Gasteiger partial charge in [0.25, 0.3) is 0 Å². The summed E-state index contributed by atoms with van der Waals surface area (Å²) in [5.74, 6) is 0. The average molecular weight is 927 g/mol. The summed E-state index contributed by atoms with van der Waals surface area (Å²) in [5, 5.41) is 4.99. The van der Waals surface area contributed by atoms with Crippen molar-refractivity contribution in [2.75, 3.05) is 4.90 Å². The molecule has 0 radical (unpaired) electrons. The van der Waals surface area contributed by atoms with Crippen LogP contribution < -0.4 is 4.90 Å². The summed E-state index contributed by atoms with van der Waals surface area (Å²) in [6, 6.07) is 103. The summed E-state index contributed by atoms with van der Waals surface area (Å²) in [6.07, 6.45) is 0. The highest BCUT2D eigenvalue weighted by molar-refractivity contribution is 6.10. The van der Waals surface area contributed by atoms with E-state index < -0.39 is 5.41 Å². The zero-order valence-corrected chi connectivity index (χ0v) is 40.0. The second kappa shape index (κ2) is 16.3. The zero-order valence-electron chi connectivity index (χ0n) is 40.0. The molecule has 1 aromatic heterocycles. The Hall–Kier alpha value is -9.50. The van der Waals surface area contributed by atoms with Crippen molar-refractivity contribution >= 4 is 49.6 Å². The summed E-state index contributed by atoms with van der Waals surface area (Å²) >= 11 is 0. The van der Waals surface area contributed by atoms with Gasteiger partial charge in [0, 0.05) is 33.5 Å². The summed E-state index contributed by atoms with van der Waals surface area (Å²) < 4.78 is 2.38. The molecule has 1 heterocycles. The van der Waals surface area contributed by atoms with Crippen LogP contribution >= 0.6 is 0 Å². The SMILES string of the molecule is c1ccc(-n2c3ccccc3c3cc(-c4cccc(-c5ccc(N(c6ccc(-c7ccc8ccccc8c7)cc6)c6ccc7c(c6)C6(c8ccccc8-c8ccccc86)c6ccccc6-7)cc5)c4)ccc32)cc1. The van der Waals surface area contributed by atoms with Gasteiger partial charge in [0.15, 0.2) is 0 Å². The number of aromatic nitrogens is 1. The lowest BCUT2D eigenvalue weighted by atomic mass is 9.70. The lowest BCUT2D eigenvalue weighted by Gasteiger charge is -2.32. The molecule has 0 unspecified atom stereocenters. The van der Waals surface area contributed by atoms with Gasteiger partial charge in [-0.2, -0.15) is 0 Å². The highest BCUT2D eigenvalue weighted by atomic mass is 15.1. The predicted molar refractivity (Wildman–Crippen MR) is 306 cm³/mol. The quantitative estimate of drug-likeness (QED) is 0.155. The van der Waals surface area contributed by atoms with Crippen LogP contribution in [0.25, 0.3) is 93.9 Å². The molecule has 2 aliphatic carbocycles. The van der Waals surface area contributed by atoms with Crippen molar-refractivity contribution in [2.24, 2.45) is 0 Å². The summed E-state index contributed by atoms with van der Waals surface area (Å²) in [7, 11) is 0. The van der Waals surface area contributed by atoms with Crippen molar-refractivity contribution in [3.63, 3.8) is 0 Å². The lowest BCUT2D eigenvalue weighted by molar-refractivity contribution is 0.793. The van der Waals surface area contributed by atoms with Gasteiger partial charge in [-0.05, 0) is 168 Å². The van der Waals surface area contributed by atoms with Crippen LogP contribution in [-0.4, -0.2) is 4.57 Å². The minimum absolute atomic E-state index is 0.445. The van der Waals surface area contributed by atoms with E-state index in [4.69, 9.17) is 0 Å². The Morgan fingerprint density at radius 2 is 0.740 bits per heavy atom. The Balaban J connectivity index is 0.846. The first-order valence-electron chi connectivity index (χ1n) is 25.3. The molecule has 15 rings (SSSR count). The third-order valence-corrected chi connectivity index (χ3v) is 15.8. The number of rotatable bonds is 7. The average Bonchev–Trinajstić information content (AvgIpc) is 4.07. The molecule has 2 heteroatoms. The van der Waals surface area contributed by atoms with Crippen molar-refractivity contribution in [3.8, 4) is 61.3 Å². The highest BCUT2D eigenvalue weighted by Gasteiger charge is 2.51. The van der Waals surface area contributed by atoms with Crippen LogP contribution in [0.4, 0.5) is 17.1 Å². The molecule has 2 aliphatic rings. The molecule has 0 saturated carbocycles. The maximum atomic E-state index is 2.48. The van der Waals surface area contributed by atoms with E-state index in [1.54, 1.807) is 0 Å². The minimum Gasteiger partial charge on any atom is -0.310 e. The molecule has 0 atom stereocenters. The number of hydrogen-bond acceptors (Lipinski definition) is 1. The Morgan fingerprint density at radius 3 is 1.41 bits per heavy atom. The third kappa shape index (κ3) is 6.30. The van der Waals surface area contributed by atoms with Crippen LogP contribution in [0.2, 0.25) is 0 Å².